The van der Waals surface area contributed by atoms with Crippen molar-refractivity contribution in [2.45, 2.75) is 52.6 Å². The number of carbonyl (C=O) groups excluding carboxylic acids is 1. The van der Waals surface area contributed by atoms with E-state index in [-0.39, 0.29) is 24.0 Å². The van der Waals surface area contributed by atoms with Crippen LogP contribution in [0.1, 0.15) is 56.0 Å². The second-order valence-electron chi connectivity index (χ2n) is 10.8. The highest BCUT2D eigenvalue weighted by Crippen LogP contribution is 2.29. The quantitative estimate of drug-likeness (QED) is 0.251. The maximum Gasteiger partial charge on any atom is 0.262 e. The minimum Gasteiger partial charge on any atom is -0.491 e. The first kappa shape index (κ1) is 27.2. The van der Waals surface area contributed by atoms with Crippen molar-refractivity contribution in [2.24, 2.45) is 5.10 Å². The molecule has 5 aromatic rings. The maximum absolute atomic E-state index is 14.3. The molecular weight excluding hydrogens is 526 g/mol. The molecule has 8 nitrogen and oxygen atoms in total. The molecule has 0 radical (unpaired) electrons. The molecule has 212 valence electrons. The van der Waals surface area contributed by atoms with E-state index in [0.29, 0.717) is 24.1 Å². The van der Waals surface area contributed by atoms with Gasteiger partial charge in [0, 0.05) is 23.6 Å². The fourth-order valence-electron chi connectivity index (χ4n) is 5.56. The van der Waals surface area contributed by atoms with E-state index in [2.05, 4.69) is 40.7 Å². The molecule has 1 aliphatic heterocycles. The Balaban J connectivity index is 1.48. The van der Waals surface area contributed by atoms with Gasteiger partial charge in [0.25, 0.3) is 5.56 Å². The van der Waals surface area contributed by atoms with Crippen LogP contribution in [-0.4, -0.2) is 31.9 Å². The minimum atomic E-state index is -0.128. The van der Waals surface area contributed by atoms with Crippen LogP contribution in [0, 0.1) is 0 Å². The smallest absolute Gasteiger partial charge is 0.262 e. The first-order chi connectivity index (χ1) is 20.4. The summed E-state index contributed by atoms with van der Waals surface area (Å²) in [7, 11) is 0. The molecule has 0 fully saturated rings. The molecule has 1 amide bonds. The Labute approximate surface area is 244 Å². The average Bonchev–Trinajstić information content (AvgIpc) is 3.65. The fourth-order valence-corrected chi connectivity index (χ4v) is 5.56. The summed E-state index contributed by atoms with van der Waals surface area (Å²) in [5, 5.41) is 8.96. The van der Waals surface area contributed by atoms with Gasteiger partial charge in [-0.25, -0.2) is 9.94 Å². The third-order valence-electron chi connectivity index (χ3n) is 7.37. The maximum atomic E-state index is 14.3. The Morgan fingerprint density at radius 1 is 0.952 bits per heavy atom. The highest BCUT2D eigenvalue weighted by Gasteiger charge is 2.22. The SMILES string of the molecule is CCCc1c(Cc2ccc(-c3ccccc3)c(C3=NNC(=O)C3)c2)c(=O)n(-c2ccc(OC(C)C)cc2)c2ccnn12. The number of rotatable bonds is 9. The lowest BCUT2D eigenvalue weighted by molar-refractivity contribution is -0.119. The summed E-state index contributed by atoms with van der Waals surface area (Å²) in [5.41, 5.74) is 10.1. The van der Waals surface area contributed by atoms with Crippen LogP contribution in [0.25, 0.3) is 22.5 Å². The van der Waals surface area contributed by atoms with Crippen molar-refractivity contribution in [1.82, 2.24) is 19.6 Å². The van der Waals surface area contributed by atoms with Gasteiger partial charge in [0.2, 0.25) is 5.91 Å². The van der Waals surface area contributed by atoms with Gasteiger partial charge in [-0.15, -0.1) is 0 Å². The van der Waals surface area contributed by atoms with Gasteiger partial charge in [-0.05, 0) is 67.3 Å². The van der Waals surface area contributed by atoms with Gasteiger partial charge in [0.1, 0.15) is 11.4 Å². The van der Waals surface area contributed by atoms with Gasteiger partial charge in [-0.3, -0.25) is 14.2 Å². The van der Waals surface area contributed by atoms with Gasteiger partial charge >= 0.3 is 0 Å². The molecule has 0 aliphatic carbocycles. The van der Waals surface area contributed by atoms with Crippen LogP contribution in [0.5, 0.6) is 5.75 Å². The average molecular weight is 560 g/mol. The van der Waals surface area contributed by atoms with Crippen LogP contribution < -0.4 is 15.7 Å². The Kier molecular flexibility index (Phi) is 7.44. The molecule has 1 N–H and O–H groups in total. The normalized spacial score (nSPS) is 13.0. The summed E-state index contributed by atoms with van der Waals surface area (Å²) in [6.07, 6.45) is 4.00. The monoisotopic (exact) mass is 559 g/mol. The van der Waals surface area contributed by atoms with Crippen molar-refractivity contribution < 1.29 is 9.53 Å². The van der Waals surface area contributed by atoms with Crippen LogP contribution in [-0.2, 0) is 17.6 Å². The fraction of sp³-hybridized carbons (Fsp3) is 0.235. The largest absolute Gasteiger partial charge is 0.491 e. The number of fused-ring (bicyclic) bond motifs is 1. The van der Waals surface area contributed by atoms with Crippen molar-refractivity contribution in [3.63, 3.8) is 0 Å². The molecule has 0 saturated heterocycles. The van der Waals surface area contributed by atoms with E-state index in [1.165, 1.54) is 0 Å². The molecule has 1 aliphatic rings. The van der Waals surface area contributed by atoms with Gasteiger partial charge < -0.3 is 4.74 Å². The topological polar surface area (TPSA) is 90.0 Å². The second-order valence-corrected chi connectivity index (χ2v) is 10.8. The number of nitrogens with one attached hydrogen (secondary N) is 1. The number of nitrogens with zero attached hydrogens (tertiary/aromatic N) is 4. The lowest BCUT2D eigenvalue weighted by Gasteiger charge is -2.18. The number of amides is 1. The van der Waals surface area contributed by atoms with Crippen LogP contribution >= 0.6 is 0 Å². The predicted octanol–water partition coefficient (Wildman–Crippen LogP) is 5.71. The summed E-state index contributed by atoms with van der Waals surface area (Å²) in [6, 6.07) is 25.7. The molecule has 3 aromatic carbocycles. The van der Waals surface area contributed by atoms with E-state index in [1.54, 1.807) is 10.8 Å². The molecule has 42 heavy (non-hydrogen) atoms. The molecule has 0 atom stereocenters. The van der Waals surface area contributed by atoms with Crippen molar-refractivity contribution in [3.8, 4) is 22.6 Å². The molecule has 0 spiro atoms. The molecule has 2 aromatic heterocycles. The molecular formula is C34H33N5O3. The Hall–Kier alpha value is -4.98. The van der Waals surface area contributed by atoms with Crippen molar-refractivity contribution in [3.05, 3.63) is 118 Å². The Morgan fingerprint density at radius 3 is 2.43 bits per heavy atom. The lowest BCUT2D eigenvalue weighted by atomic mass is 9.91. The lowest BCUT2D eigenvalue weighted by Crippen LogP contribution is -2.28. The third-order valence-corrected chi connectivity index (χ3v) is 7.37. The number of hydrogen-bond acceptors (Lipinski definition) is 5. The van der Waals surface area contributed by atoms with Crippen LogP contribution in [0.3, 0.4) is 0 Å². The number of ether oxygens (including phenoxy) is 1. The molecule has 0 bridgehead atoms. The molecule has 6 rings (SSSR count). The summed E-state index contributed by atoms with van der Waals surface area (Å²) >= 11 is 0. The molecule has 0 unspecified atom stereocenters. The van der Waals surface area contributed by atoms with E-state index >= 15 is 0 Å². The van der Waals surface area contributed by atoms with Crippen LogP contribution in [0.15, 0.2) is 95.0 Å². The van der Waals surface area contributed by atoms with Crippen molar-refractivity contribution in [1.29, 1.82) is 0 Å². The predicted molar refractivity (Wildman–Crippen MR) is 165 cm³/mol. The number of aryl methyl sites for hydroxylation is 1. The Bertz CT molecular complexity index is 1850. The van der Waals surface area contributed by atoms with Crippen molar-refractivity contribution in [2.75, 3.05) is 0 Å². The van der Waals surface area contributed by atoms with E-state index in [1.807, 2.05) is 79.0 Å². The molecule has 8 heteroatoms. The van der Waals surface area contributed by atoms with E-state index in [9.17, 15) is 9.59 Å². The Morgan fingerprint density at radius 2 is 1.74 bits per heavy atom. The van der Waals surface area contributed by atoms with Crippen LogP contribution in [0.4, 0.5) is 0 Å². The second kappa shape index (κ2) is 11.5. The zero-order valence-electron chi connectivity index (χ0n) is 24.0. The van der Waals surface area contributed by atoms with Crippen molar-refractivity contribution >= 4 is 17.3 Å². The summed E-state index contributed by atoms with van der Waals surface area (Å²) in [5.74, 6) is 0.625. The first-order valence-corrected chi connectivity index (χ1v) is 14.3. The number of benzene rings is 3. The van der Waals surface area contributed by atoms with Gasteiger partial charge in [-0.1, -0.05) is 55.8 Å². The van der Waals surface area contributed by atoms with Gasteiger partial charge in [0.15, 0.2) is 0 Å². The van der Waals surface area contributed by atoms with Gasteiger partial charge in [-0.2, -0.15) is 10.2 Å². The van der Waals surface area contributed by atoms with E-state index < -0.39 is 0 Å². The zero-order valence-corrected chi connectivity index (χ0v) is 24.0. The number of carbonyl (C=O) groups is 1. The zero-order chi connectivity index (χ0) is 29.2. The molecule has 0 saturated carbocycles. The summed E-state index contributed by atoms with van der Waals surface area (Å²) in [6.45, 7) is 6.07. The third kappa shape index (κ3) is 5.23. The van der Waals surface area contributed by atoms with E-state index in [0.717, 1.165) is 51.5 Å². The standard InChI is InChI=1S/C34H33N5O3/c1-4-8-31-29(34(41)38(33-17-18-35-39(31)33)25-12-14-26(15-13-25)42-22(2)3)20-23-11-16-27(24-9-6-5-7-10-24)28(19-23)30-21-32(40)37-36-30/h5-7,9-19,22H,4,8,20-21H2,1-3H3,(H,37,40). The minimum absolute atomic E-state index is 0.0577. The highest BCUT2D eigenvalue weighted by atomic mass is 16.5. The van der Waals surface area contributed by atoms with E-state index in [4.69, 9.17) is 4.74 Å². The molecule has 3 heterocycles. The number of hydrazone groups is 1. The number of hydrogen-bond donors (Lipinski definition) is 1. The van der Waals surface area contributed by atoms with Gasteiger partial charge in [0.05, 0.1) is 35.8 Å². The number of aromatic nitrogens is 3. The first-order valence-electron chi connectivity index (χ1n) is 14.3. The van der Waals surface area contributed by atoms with Crippen LogP contribution in [0.2, 0.25) is 0 Å². The summed E-state index contributed by atoms with van der Waals surface area (Å²) in [4.78, 5) is 26.4. The highest BCUT2D eigenvalue weighted by molar-refractivity contribution is 6.16. The summed E-state index contributed by atoms with van der Waals surface area (Å²) < 4.78 is 9.44.